The molecule has 0 saturated carbocycles. The summed E-state index contributed by atoms with van der Waals surface area (Å²) in [6, 6.07) is 2.00. The number of pyridine rings is 1. The third-order valence-corrected chi connectivity index (χ3v) is 5.75. The van der Waals surface area contributed by atoms with E-state index < -0.39 is 0 Å². The normalized spacial score (nSPS) is 16.9. The Bertz CT molecular complexity index is 1330. The molecule has 1 aliphatic heterocycles. The molecule has 1 atom stereocenters. The lowest BCUT2D eigenvalue weighted by Gasteiger charge is -2.15. The van der Waals surface area contributed by atoms with Crippen molar-refractivity contribution in [3.63, 3.8) is 0 Å². The van der Waals surface area contributed by atoms with E-state index in [9.17, 15) is 9.90 Å². The first-order valence-electron chi connectivity index (χ1n) is 9.69. The van der Waals surface area contributed by atoms with Crippen LogP contribution in [0.1, 0.15) is 23.6 Å². The minimum Gasteiger partial charge on any atom is -0.507 e. The number of hydrogen-bond donors (Lipinski definition) is 2. The fraction of sp³-hybridized carbons (Fsp3) is 0.333. The minimum atomic E-state index is -0.0750. The zero-order valence-corrected chi connectivity index (χ0v) is 16.6. The van der Waals surface area contributed by atoms with E-state index in [0.717, 1.165) is 36.0 Å². The molecule has 2 N–H and O–H groups in total. The second kappa shape index (κ2) is 6.38. The summed E-state index contributed by atoms with van der Waals surface area (Å²) in [4.78, 5) is 22.1. The van der Waals surface area contributed by atoms with Gasteiger partial charge < -0.3 is 15.0 Å². The molecule has 0 spiro atoms. The van der Waals surface area contributed by atoms with E-state index in [1.165, 1.54) is 0 Å². The van der Waals surface area contributed by atoms with Crippen LogP contribution in [-0.2, 0) is 7.05 Å². The first-order valence-corrected chi connectivity index (χ1v) is 9.69. The molecular formula is C21H22N6O2. The largest absolute Gasteiger partial charge is 0.507 e. The lowest BCUT2D eigenvalue weighted by atomic mass is 10.0. The fourth-order valence-corrected chi connectivity index (χ4v) is 4.20. The highest BCUT2D eigenvalue weighted by Crippen LogP contribution is 2.35. The predicted molar refractivity (Wildman–Crippen MR) is 111 cm³/mol. The van der Waals surface area contributed by atoms with Gasteiger partial charge in [0.15, 0.2) is 5.82 Å². The summed E-state index contributed by atoms with van der Waals surface area (Å²) in [5.41, 5.74) is 3.42. The molecule has 29 heavy (non-hydrogen) atoms. The quantitative estimate of drug-likeness (QED) is 0.545. The number of rotatable bonds is 2. The molecule has 148 valence electrons. The van der Waals surface area contributed by atoms with Gasteiger partial charge in [0.05, 0.1) is 28.0 Å². The van der Waals surface area contributed by atoms with E-state index in [4.69, 9.17) is 0 Å². The van der Waals surface area contributed by atoms with Crippen molar-refractivity contribution in [3.8, 4) is 17.1 Å². The third-order valence-electron chi connectivity index (χ3n) is 5.75. The molecule has 8 nitrogen and oxygen atoms in total. The minimum absolute atomic E-state index is 0.0750. The fourth-order valence-electron chi connectivity index (χ4n) is 4.20. The van der Waals surface area contributed by atoms with Gasteiger partial charge in [-0.15, -0.1) is 0 Å². The van der Waals surface area contributed by atoms with Gasteiger partial charge in [0.1, 0.15) is 5.75 Å². The van der Waals surface area contributed by atoms with E-state index in [-0.39, 0.29) is 17.4 Å². The van der Waals surface area contributed by atoms with Crippen molar-refractivity contribution in [1.82, 2.24) is 29.6 Å². The maximum Gasteiger partial charge on any atom is 0.261 e. The van der Waals surface area contributed by atoms with Crippen molar-refractivity contribution in [2.24, 2.45) is 7.05 Å². The molecule has 0 amide bonds. The average Bonchev–Trinajstić information content (AvgIpc) is 3.36. The molecule has 1 aromatic carbocycles. The van der Waals surface area contributed by atoms with Gasteiger partial charge >= 0.3 is 0 Å². The van der Waals surface area contributed by atoms with Gasteiger partial charge in [0.25, 0.3) is 5.56 Å². The molecule has 1 fully saturated rings. The first-order chi connectivity index (χ1) is 13.9. The Balaban J connectivity index is 1.70. The lowest BCUT2D eigenvalue weighted by Crippen LogP contribution is -2.26. The Morgan fingerprint density at radius 1 is 1.24 bits per heavy atom. The molecule has 4 aromatic rings. The highest BCUT2D eigenvalue weighted by Gasteiger charge is 2.21. The highest BCUT2D eigenvalue weighted by atomic mass is 16.3. The standard InChI is InChI=1S/C21H22N6O2/c1-11-9-27(14-4-5-22-7-14)21(29)16-8-23-20(24-17(11)16)15-6-13-10-26(3)25-18(13)12(2)19(15)28/h6,8-10,14,22,28H,4-5,7H2,1-3H3. The van der Waals surface area contributed by atoms with Crippen molar-refractivity contribution in [1.29, 1.82) is 0 Å². The summed E-state index contributed by atoms with van der Waals surface area (Å²) in [6.45, 7) is 5.49. The number of aromatic hydroxyl groups is 1. The number of fused-ring (bicyclic) bond motifs is 2. The average molecular weight is 390 g/mol. The Morgan fingerprint density at radius 2 is 2.07 bits per heavy atom. The van der Waals surface area contributed by atoms with Crippen LogP contribution in [0.2, 0.25) is 0 Å². The zero-order valence-electron chi connectivity index (χ0n) is 16.6. The molecule has 4 heterocycles. The van der Waals surface area contributed by atoms with Crippen LogP contribution in [0.3, 0.4) is 0 Å². The van der Waals surface area contributed by atoms with Crippen molar-refractivity contribution in [2.75, 3.05) is 13.1 Å². The molecule has 0 bridgehead atoms. The van der Waals surface area contributed by atoms with Gasteiger partial charge in [-0.25, -0.2) is 9.97 Å². The maximum atomic E-state index is 13.0. The van der Waals surface area contributed by atoms with Crippen LogP contribution >= 0.6 is 0 Å². The van der Waals surface area contributed by atoms with Crippen LogP contribution in [0, 0.1) is 13.8 Å². The summed E-state index contributed by atoms with van der Waals surface area (Å²) in [7, 11) is 1.84. The van der Waals surface area contributed by atoms with Crippen LogP contribution in [0.15, 0.2) is 29.5 Å². The van der Waals surface area contributed by atoms with Crippen LogP contribution in [0.25, 0.3) is 33.2 Å². The van der Waals surface area contributed by atoms with Gasteiger partial charge in [-0.3, -0.25) is 9.48 Å². The highest BCUT2D eigenvalue weighted by molar-refractivity contribution is 5.91. The molecule has 1 aliphatic rings. The number of benzene rings is 1. The Kier molecular flexibility index (Phi) is 3.92. The molecule has 0 radical (unpaired) electrons. The van der Waals surface area contributed by atoms with Crippen molar-refractivity contribution in [3.05, 3.63) is 46.1 Å². The van der Waals surface area contributed by atoms with E-state index in [2.05, 4.69) is 20.4 Å². The van der Waals surface area contributed by atoms with Crippen LogP contribution in [-0.4, -0.2) is 42.5 Å². The Hall–Kier alpha value is -3.26. The van der Waals surface area contributed by atoms with E-state index in [1.54, 1.807) is 15.4 Å². The molecule has 1 saturated heterocycles. The molecule has 1 unspecified atom stereocenters. The second-order valence-corrected chi connectivity index (χ2v) is 7.77. The SMILES string of the molecule is Cc1c(O)c(-c2ncc3c(=O)n(C4CCNC4)cc(C)c3n2)cc2cn(C)nc12. The van der Waals surface area contributed by atoms with Crippen molar-refractivity contribution in [2.45, 2.75) is 26.3 Å². The molecule has 5 rings (SSSR count). The number of aryl methyl sites for hydroxylation is 3. The number of nitrogens with zero attached hydrogens (tertiary/aromatic N) is 5. The number of phenols is 1. The first kappa shape index (κ1) is 17.8. The van der Waals surface area contributed by atoms with Gasteiger partial charge in [-0.2, -0.15) is 5.10 Å². The van der Waals surface area contributed by atoms with E-state index in [0.29, 0.717) is 27.9 Å². The van der Waals surface area contributed by atoms with Crippen molar-refractivity contribution >= 4 is 21.8 Å². The summed E-state index contributed by atoms with van der Waals surface area (Å²) in [5.74, 6) is 0.505. The Morgan fingerprint density at radius 3 is 2.83 bits per heavy atom. The summed E-state index contributed by atoms with van der Waals surface area (Å²) in [5, 5.41) is 19.8. The summed E-state index contributed by atoms with van der Waals surface area (Å²) < 4.78 is 3.51. The van der Waals surface area contributed by atoms with E-state index in [1.807, 2.05) is 39.4 Å². The molecule has 0 aliphatic carbocycles. The monoisotopic (exact) mass is 390 g/mol. The lowest BCUT2D eigenvalue weighted by molar-refractivity contribution is 0.473. The topological polar surface area (TPSA) is 97.9 Å². The smallest absolute Gasteiger partial charge is 0.261 e. The number of hydrogen-bond acceptors (Lipinski definition) is 6. The van der Waals surface area contributed by atoms with Crippen LogP contribution < -0.4 is 10.9 Å². The van der Waals surface area contributed by atoms with Gasteiger partial charge in [-0.1, -0.05) is 0 Å². The molecule has 3 aromatic heterocycles. The Labute approximate surface area is 166 Å². The molecule has 8 heteroatoms. The summed E-state index contributed by atoms with van der Waals surface area (Å²) >= 11 is 0. The second-order valence-electron chi connectivity index (χ2n) is 7.77. The predicted octanol–water partition coefficient (Wildman–Crippen LogP) is 2.20. The van der Waals surface area contributed by atoms with Crippen LogP contribution in [0.4, 0.5) is 0 Å². The van der Waals surface area contributed by atoms with Gasteiger partial charge in [0.2, 0.25) is 0 Å². The number of phenolic OH excluding ortho intramolecular Hbond substituents is 1. The van der Waals surface area contributed by atoms with Crippen LogP contribution in [0.5, 0.6) is 5.75 Å². The zero-order chi connectivity index (χ0) is 20.3. The van der Waals surface area contributed by atoms with Gasteiger partial charge in [-0.05, 0) is 38.4 Å². The summed E-state index contributed by atoms with van der Waals surface area (Å²) in [6.07, 6.45) is 6.29. The number of aromatic nitrogens is 5. The van der Waals surface area contributed by atoms with Crippen molar-refractivity contribution < 1.29 is 5.11 Å². The van der Waals surface area contributed by atoms with Gasteiger partial charge in [0, 0.05) is 43.1 Å². The number of nitrogens with one attached hydrogen (secondary N) is 1. The van der Waals surface area contributed by atoms with E-state index >= 15 is 0 Å². The molecular weight excluding hydrogens is 368 g/mol. The third kappa shape index (κ3) is 2.71. The maximum absolute atomic E-state index is 13.0.